The summed E-state index contributed by atoms with van der Waals surface area (Å²) >= 11 is 1.79. The minimum Gasteiger partial charge on any atom is -0.378 e. The Balaban J connectivity index is 1.43. The Kier molecular flexibility index (Phi) is 6.71. The van der Waals surface area contributed by atoms with Gasteiger partial charge >= 0.3 is 0 Å². The van der Waals surface area contributed by atoms with Crippen LogP contribution >= 0.6 is 11.3 Å². The third-order valence-corrected chi connectivity index (χ3v) is 5.18. The van der Waals surface area contributed by atoms with Crippen LogP contribution in [0.25, 0.3) is 0 Å². The smallest absolute Gasteiger partial charge is 0.191 e. The first-order chi connectivity index (χ1) is 12.3. The monoisotopic (exact) mass is 358 g/mol. The van der Waals surface area contributed by atoms with Crippen LogP contribution in [-0.4, -0.2) is 45.9 Å². The lowest BCUT2D eigenvalue weighted by Gasteiger charge is -2.28. The lowest BCUT2D eigenvalue weighted by molar-refractivity contribution is 0.122. The molecule has 1 saturated heterocycles. The van der Waals surface area contributed by atoms with Gasteiger partial charge in [-0.15, -0.1) is 11.3 Å². The number of thiophene rings is 1. The molecule has 0 aliphatic carbocycles. The van der Waals surface area contributed by atoms with E-state index in [0.29, 0.717) is 0 Å². The standard InChI is InChI=1S/C19H26N4OS/c1-20-19(21-9-8-18-3-2-14-25-18)22-15-16-4-6-17(7-5-16)23-10-12-24-13-11-23/h2-7,14H,8-13,15H2,1H3,(H2,20,21,22). The normalized spacial score (nSPS) is 15.2. The number of benzene rings is 1. The molecule has 0 atom stereocenters. The minimum atomic E-state index is 0.766. The average molecular weight is 359 g/mol. The summed E-state index contributed by atoms with van der Waals surface area (Å²) in [6.07, 6.45) is 1.02. The van der Waals surface area contributed by atoms with Crippen molar-refractivity contribution < 1.29 is 4.74 Å². The van der Waals surface area contributed by atoms with Crippen molar-refractivity contribution >= 4 is 23.0 Å². The number of aliphatic imine (C=N–C) groups is 1. The summed E-state index contributed by atoms with van der Waals surface area (Å²) in [6.45, 7) is 5.22. The summed E-state index contributed by atoms with van der Waals surface area (Å²) in [4.78, 5) is 8.05. The quantitative estimate of drug-likeness (QED) is 0.615. The molecule has 0 saturated carbocycles. The lowest BCUT2D eigenvalue weighted by atomic mass is 10.2. The maximum absolute atomic E-state index is 5.41. The molecule has 2 heterocycles. The third kappa shape index (κ3) is 5.47. The van der Waals surface area contributed by atoms with Crippen LogP contribution in [0.1, 0.15) is 10.4 Å². The van der Waals surface area contributed by atoms with Gasteiger partial charge in [-0.2, -0.15) is 0 Å². The fourth-order valence-corrected chi connectivity index (χ4v) is 3.52. The molecule has 3 rings (SSSR count). The van der Waals surface area contributed by atoms with E-state index in [1.807, 2.05) is 7.05 Å². The topological polar surface area (TPSA) is 48.9 Å². The van der Waals surface area contributed by atoms with E-state index in [0.717, 1.165) is 51.8 Å². The van der Waals surface area contributed by atoms with Crippen molar-refractivity contribution in [2.75, 3.05) is 44.8 Å². The Labute approximate surface area is 153 Å². The number of morpholine rings is 1. The number of hydrogen-bond donors (Lipinski definition) is 2. The lowest BCUT2D eigenvalue weighted by Crippen LogP contribution is -2.38. The maximum Gasteiger partial charge on any atom is 0.191 e. The van der Waals surface area contributed by atoms with Gasteiger partial charge in [0, 0.05) is 43.8 Å². The molecule has 0 amide bonds. The highest BCUT2D eigenvalue weighted by Gasteiger charge is 2.10. The van der Waals surface area contributed by atoms with Gasteiger partial charge in [0.25, 0.3) is 0 Å². The molecule has 0 spiro atoms. The van der Waals surface area contributed by atoms with Crippen LogP contribution in [0.5, 0.6) is 0 Å². The van der Waals surface area contributed by atoms with Crippen molar-refractivity contribution in [1.82, 2.24) is 10.6 Å². The second-order valence-corrected chi connectivity index (χ2v) is 6.98. The van der Waals surface area contributed by atoms with E-state index in [4.69, 9.17) is 4.74 Å². The van der Waals surface area contributed by atoms with Crippen molar-refractivity contribution in [2.24, 2.45) is 4.99 Å². The molecule has 0 bridgehead atoms. The third-order valence-electron chi connectivity index (χ3n) is 4.24. The molecule has 5 nitrogen and oxygen atoms in total. The largest absolute Gasteiger partial charge is 0.378 e. The van der Waals surface area contributed by atoms with Gasteiger partial charge in [-0.25, -0.2) is 0 Å². The van der Waals surface area contributed by atoms with Gasteiger partial charge in [0.15, 0.2) is 5.96 Å². The van der Waals surface area contributed by atoms with E-state index in [9.17, 15) is 0 Å². The fourth-order valence-electron chi connectivity index (χ4n) is 2.81. The second-order valence-electron chi connectivity index (χ2n) is 5.95. The highest BCUT2D eigenvalue weighted by Crippen LogP contribution is 2.16. The molecule has 1 aliphatic rings. The Morgan fingerprint density at radius 2 is 1.96 bits per heavy atom. The van der Waals surface area contributed by atoms with Crippen LogP contribution < -0.4 is 15.5 Å². The molecule has 1 aromatic carbocycles. The van der Waals surface area contributed by atoms with Crippen molar-refractivity contribution in [3.63, 3.8) is 0 Å². The molecule has 2 N–H and O–H groups in total. The molecule has 1 fully saturated rings. The number of guanidine groups is 1. The zero-order valence-corrected chi connectivity index (χ0v) is 15.5. The highest BCUT2D eigenvalue weighted by atomic mass is 32.1. The van der Waals surface area contributed by atoms with Crippen LogP contribution in [0.15, 0.2) is 46.8 Å². The molecule has 0 radical (unpaired) electrons. The van der Waals surface area contributed by atoms with Crippen LogP contribution in [0.2, 0.25) is 0 Å². The maximum atomic E-state index is 5.41. The Bertz CT molecular complexity index is 649. The number of hydrogen-bond acceptors (Lipinski definition) is 4. The van der Waals surface area contributed by atoms with E-state index in [2.05, 4.69) is 62.3 Å². The number of anilines is 1. The zero-order valence-electron chi connectivity index (χ0n) is 14.7. The summed E-state index contributed by atoms with van der Waals surface area (Å²) in [6, 6.07) is 13.0. The molecule has 25 heavy (non-hydrogen) atoms. The van der Waals surface area contributed by atoms with Gasteiger partial charge < -0.3 is 20.3 Å². The number of nitrogens with one attached hydrogen (secondary N) is 2. The molecule has 6 heteroatoms. The van der Waals surface area contributed by atoms with Gasteiger partial charge in [-0.3, -0.25) is 4.99 Å². The molecule has 0 unspecified atom stereocenters. The van der Waals surface area contributed by atoms with Crippen LogP contribution in [-0.2, 0) is 17.7 Å². The van der Waals surface area contributed by atoms with E-state index in [1.54, 1.807) is 11.3 Å². The van der Waals surface area contributed by atoms with Gasteiger partial charge in [-0.05, 0) is 35.6 Å². The van der Waals surface area contributed by atoms with Crippen LogP contribution in [0.3, 0.4) is 0 Å². The van der Waals surface area contributed by atoms with Gasteiger partial charge in [0.2, 0.25) is 0 Å². The van der Waals surface area contributed by atoms with E-state index < -0.39 is 0 Å². The average Bonchev–Trinajstić information content (AvgIpc) is 3.19. The molecule has 1 aliphatic heterocycles. The van der Waals surface area contributed by atoms with E-state index in [1.165, 1.54) is 16.1 Å². The summed E-state index contributed by atoms with van der Waals surface area (Å²) < 4.78 is 5.41. The van der Waals surface area contributed by atoms with Crippen molar-refractivity contribution in [3.8, 4) is 0 Å². The van der Waals surface area contributed by atoms with Crippen molar-refractivity contribution in [2.45, 2.75) is 13.0 Å². The minimum absolute atomic E-state index is 0.766. The molecule has 1 aromatic heterocycles. The van der Waals surface area contributed by atoms with Gasteiger partial charge in [0.05, 0.1) is 13.2 Å². The first kappa shape index (κ1) is 17.8. The summed E-state index contributed by atoms with van der Waals surface area (Å²) in [5.74, 6) is 0.841. The van der Waals surface area contributed by atoms with Gasteiger partial charge in [0.1, 0.15) is 0 Å². The Morgan fingerprint density at radius 3 is 2.64 bits per heavy atom. The summed E-state index contributed by atoms with van der Waals surface area (Å²) in [5.41, 5.74) is 2.52. The van der Waals surface area contributed by atoms with Crippen LogP contribution in [0.4, 0.5) is 5.69 Å². The van der Waals surface area contributed by atoms with E-state index >= 15 is 0 Å². The fraction of sp³-hybridized carbons (Fsp3) is 0.421. The summed E-state index contributed by atoms with van der Waals surface area (Å²) in [7, 11) is 1.81. The van der Waals surface area contributed by atoms with Crippen LogP contribution in [0, 0.1) is 0 Å². The van der Waals surface area contributed by atoms with Gasteiger partial charge in [-0.1, -0.05) is 18.2 Å². The molecule has 134 valence electrons. The predicted octanol–water partition coefficient (Wildman–Crippen LogP) is 2.49. The Morgan fingerprint density at radius 1 is 1.16 bits per heavy atom. The number of rotatable bonds is 6. The number of nitrogens with zero attached hydrogens (tertiary/aromatic N) is 2. The van der Waals surface area contributed by atoms with E-state index in [-0.39, 0.29) is 0 Å². The highest BCUT2D eigenvalue weighted by molar-refractivity contribution is 7.09. The molecular weight excluding hydrogens is 332 g/mol. The molecular formula is C19H26N4OS. The van der Waals surface area contributed by atoms with Crippen molar-refractivity contribution in [1.29, 1.82) is 0 Å². The van der Waals surface area contributed by atoms with Crippen molar-refractivity contribution in [3.05, 3.63) is 52.2 Å². The first-order valence-corrected chi connectivity index (χ1v) is 9.61. The molecule has 2 aromatic rings. The second kappa shape index (κ2) is 9.44. The SMILES string of the molecule is CN=C(NCCc1cccs1)NCc1ccc(N2CCOCC2)cc1. The predicted molar refractivity (Wildman–Crippen MR) is 106 cm³/mol. The Hall–Kier alpha value is -2.05. The summed E-state index contributed by atoms with van der Waals surface area (Å²) in [5, 5.41) is 8.85. The first-order valence-electron chi connectivity index (χ1n) is 8.73. The zero-order chi connectivity index (χ0) is 17.3. The number of ether oxygens (including phenoxy) is 1.